The van der Waals surface area contributed by atoms with E-state index < -0.39 is 0 Å². The third-order valence-electron chi connectivity index (χ3n) is 2.87. The second kappa shape index (κ2) is 4.22. The molecule has 0 aromatic heterocycles. The lowest BCUT2D eigenvalue weighted by atomic mass is 10.1. The molecule has 0 heterocycles. The van der Waals surface area contributed by atoms with Crippen molar-refractivity contribution in [1.82, 2.24) is 0 Å². The number of halogens is 1. The number of nitrogens with one attached hydrogen (secondary N) is 1. The summed E-state index contributed by atoms with van der Waals surface area (Å²) in [5.41, 5.74) is 2.05. The molecule has 1 unspecified atom stereocenters. The number of aliphatic hydroxyl groups is 1. The molecule has 0 radical (unpaired) electrons. The maximum Gasteiger partial charge on any atom is 0.221 e. The Labute approximate surface area is 93.3 Å². The van der Waals surface area contributed by atoms with Gasteiger partial charge in [-0.25, -0.2) is 4.39 Å². The van der Waals surface area contributed by atoms with E-state index in [4.69, 9.17) is 5.11 Å². The average Bonchev–Trinajstić information content (AvgIpc) is 2.60. The number of benzene rings is 1. The summed E-state index contributed by atoms with van der Waals surface area (Å²) in [7, 11) is 0. The summed E-state index contributed by atoms with van der Waals surface area (Å²) in [6.07, 6.45) is 1.26. The first-order valence-electron chi connectivity index (χ1n) is 5.30. The van der Waals surface area contributed by atoms with Crippen LogP contribution in [-0.2, 0) is 17.6 Å². The highest BCUT2D eigenvalue weighted by Gasteiger charge is 2.24. The Morgan fingerprint density at radius 2 is 2.31 bits per heavy atom. The molecule has 0 saturated carbocycles. The molecule has 3 nitrogen and oxygen atoms in total. The van der Waals surface area contributed by atoms with Gasteiger partial charge in [0, 0.05) is 19.2 Å². The quantitative estimate of drug-likeness (QED) is 0.798. The van der Waals surface area contributed by atoms with Crippen LogP contribution in [0.2, 0.25) is 0 Å². The molecule has 2 N–H and O–H groups in total. The van der Waals surface area contributed by atoms with Gasteiger partial charge in [-0.15, -0.1) is 0 Å². The molecule has 0 fully saturated rings. The van der Waals surface area contributed by atoms with Crippen molar-refractivity contribution in [3.63, 3.8) is 0 Å². The number of fused-ring (bicyclic) bond motifs is 1. The summed E-state index contributed by atoms with van der Waals surface area (Å²) < 4.78 is 13.7. The first-order chi connectivity index (χ1) is 7.60. The number of anilines is 1. The van der Waals surface area contributed by atoms with Crippen molar-refractivity contribution in [2.24, 2.45) is 5.92 Å². The van der Waals surface area contributed by atoms with Crippen LogP contribution in [0, 0.1) is 11.7 Å². The normalized spacial score (nSPS) is 18.3. The monoisotopic (exact) mass is 223 g/mol. The molecule has 1 aliphatic rings. The van der Waals surface area contributed by atoms with Gasteiger partial charge in [0.2, 0.25) is 5.91 Å². The van der Waals surface area contributed by atoms with Crippen molar-refractivity contribution in [3.8, 4) is 0 Å². The number of rotatable bonds is 2. The van der Waals surface area contributed by atoms with Crippen LogP contribution in [0.25, 0.3) is 0 Å². The van der Waals surface area contributed by atoms with Crippen molar-refractivity contribution >= 4 is 11.6 Å². The standard InChI is InChI=1S/C12H14FNO2/c1-7(16)14-10-4-9-2-8(6-15)3-11(9)12(13)5-10/h4-5,8,15H,2-3,6H2,1H3,(H,14,16). The van der Waals surface area contributed by atoms with E-state index in [1.54, 1.807) is 6.07 Å². The lowest BCUT2D eigenvalue weighted by Crippen LogP contribution is -2.06. The first kappa shape index (κ1) is 11.1. The molecule has 1 amide bonds. The Hall–Kier alpha value is -1.42. The van der Waals surface area contributed by atoms with Crippen LogP contribution in [0.1, 0.15) is 18.1 Å². The van der Waals surface area contributed by atoms with E-state index in [0.29, 0.717) is 24.1 Å². The van der Waals surface area contributed by atoms with Crippen molar-refractivity contribution in [2.45, 2.75) is 19.8 Å². The maximum absolute atomic E-state index is 13.7. The van der Waals surface area contributed by atoms with E-state index in [1.165, 1.54) is 13.0 Å². The zero-order valence-corrected chi connectivity index (χ0v) is 9.09. The van der Waals surface area contributed by atoms with Gasteiger partial charge in [0.1, 0.15) is 5.82 Å². The number of carbonyl (C=O) groups is 1. The summed E-state index contributed by atoms with van der Waals surface area (Å²) in [4.78, 5) is 10.9. The topological polar surface area (TPSA) is 49.3 Å². The molecule has 86 valence electrons. The van der Waals surface area contributed by atoms with Gasteiger partial charge in [-0.3, -0.25) is 4.79 Å². The van der Waals surface area contributed by atoms with Crippen molar-refractivity contribution in [2.75, 3.05) is 11.9 Å². The molecule has 0 spiro atoms. The highest BCUT2D eigenvalue weighted by atomic mass is 19.1. The minimum absolute atomic E-state index is 0.0730. The fourth-order valence-corrected chi connectivity index (χ4v) is 2.18. The van der Waals surface area contributed by atoms with Gasteiger partial charge in [0.25, 0.3) is 0 Å². The molecular formula is C12H14FNO2. The molecule has 1 aliphatic carbocycles. The van der Waals surface area contributed by atoms with Crippen molar-refractivity contribution in [3.05, 3.63) is 29.1 Å². The van der Waals surface area contributed by atoms with Gasteiger partial charge in [-0.1, -0.05) is 0 Å². The van der Waals surface area contributed by atoms with E-state index in [1.807, 2.05) is 0 Å². The molecule has 1 aromatic carbocycles. The SMILES string of the molecule is CC(=O)Nc1cc(F)c2c(c1)CC(CO)C2. The predicted octanol–water partition coefficient (Wildman–Crippen LogP) is 1.49. The van der Waals surface area contributed by atoms with E-state index in [-0.39, 0.29) is 24.2 Å². The molecule has 0 saturated heterocycles. The number of aliphatic hydroxyl groups excluding tert-OH is 1. The van der Waals surface area contributed by atoms with Crippen LogP contribution in [0.4, 0.5) is 10.1 Å². The molecular weight excluding hydrogens is 209 g/mol. The molecule has 4 heteroatoms. The molecule has 2 rings (SSSR count). The van der Waals surface area contributed by atoms with E-state index in [0.717, 1.165) is 5.56 Å². The van der Waals surface area contributed by atoms with E-state index in [9.17, 15) is 9.18 Å². The fourth-order valence-electron chi connectivity index (χ4n) is 2.18. The number of amides is 1. The number of hydrogen-bond donors (Lipinski definition) is 2. The zero-order chi connectivity index (χ0) is 11.7. The maximum atomic E-state index is 13.7. The minimum Gasteiger partial charge on any atom is -0.396 e. The Balaban J connectivity index is 2.30. The van der Waals surface area contributed by atoms with Crippen molar-refractivity contribution < 1.29 is 14.3 Å². The Bertz CT molecular complexity index is 431. The second-order valence-electron chi connectivity index (χ2n) is 4.23. The summed E-state index contributed by atoms with van der Waals surface area (Å²) in [5, 5.41) is 11.6. The zero-order valence-electron chi connectivity index (χ0n) is 9.09. The Morgan fingerprint density at radius 1 is 1.56 bits per heavy atom. The van der Waals surface area contributed by atoms with Gasteiger partial charge < -0.3 is 10.4 Å². The number of hydrogen-bond acceptors (Lipinski definition) is 2. The lowest BCUT2D eigenvalue weighted by molar-refractivity contribution is -0.114. The van der Waals surface area contributed by atoms with Gasteiger partial charge >= 0.3 is 0 Å². The van der Waals surface area contributed by atoms with Gasteiger partial charge in [0.15, 0.2) is 0 Å². The molecule has 16 heavy (non-hydrogen) atoms. The van der Waals surface area contributed by atoms with Crippen LogP contribution < -0.4 is 5.32 Å². The van der Waals surface area contributed by atoms with Gasteiger partial charge in [-0.2, -0.15) is 0 Å². The van der Waals surface area contributed by atoms with E-state index >= 15 is 0 Å². The molecule has 1 aromatic rings. The smallest absolute Gasteiger partial charge is 0.221 e. The van der Waals surface area contributed by atoms with Crippen LogP contribution in [0.5, 0.6) is 0 Å². The summed E-state index contributed by atoms with van der Waals surface area (Å²) in [5.74, 6) is -0.398. The summed E-state index contributed by atoms with van der Waals surface area (Å²) in [6.45, 7) is 1.46. The van der Waals surface area contributed by atoms with Crippen LogP contribution in [0.15, 0.2) is 12.1 Å². The fraction of sp³-hybridized carbons (Fsp3) is 0.417. The second-order valence-corrected chi connectivity index (χ2v) is 4.23. The third kappa shape index (κ3) is 2.07. The van der Waals surface area contributed by atoms with Crippen LogP contribution in [-0.4, -0.2) is 17.6 Å². The Morgan fingerprint density at radius 3 is 2.94 bits per heavy atom. The highest BCUT2D eigenvalue weighted by molar-refractivity contribution is 5.88. The Kier molecular flexibility index (Phi) is 2.92. The predicted molar refractivity (Wildman–Crippen MR) is 58.7 cm³/mol. The number of carbonyl (C=O) groups excluding carboxylic acids is 1. The molecule has 0 aliphatic heterocycles. The van der Waals surface area contributed by atoms with Crippen molar-refractivity contribution in [1.29, 1.82) is 0 Å². The molecule has 0 bridgehead atoms. The third-order valence-corrected chi connectivity index (χ3v) is 2.87. The summed E-state index contributed by atoms with van der Waals surface area (Å²) >= 11 is 0. The molecule has 1 atom stereocenters. The highest BCUT2D eigenvalue weighted by Crippen LogP contribution is 2.31. The summed E-state index contributed by atoms with van der Waals surface area (Å²) in [6, 6.07) is 3.12. The largest absolute Gasteiger partial charge is 0.396 e. The van der Waals surface area contributed by atoms with Crippen LogP contribution in [0.3, 0.4) is 0 Å². The van der Waals surface area contributed by atoms with E-state index in [2.05, 4.69) is 5.32 Å². The average molecular weight is 223 g/mol. The van der Waals surface area contributed by atoms with Crippen LogP contribution >= 0.6 is 0 Å². The van der Waals surface area contributed by atoms with Gasteiger partial charge in [-0.05, 0) is 42.0 Å². The lowest BCUT2D eigenvalue weighted by Gasteiger charge is -2.06. The first-order valence-corrected chi connectivity index (χ1v) is 5.30. The van der Waals surface area contributed by atoms with Gasteiger partial charge in [0.05, 0.1) is 0 Å². The minimum atomic E-state index is -0.294.